The Morgan fingerprint density at radius 3 is 2.76 bits per heavy atom. The molecule has 1 saturated carbocycles. The third-order valence-corrected chi connectivity index (χ3v) is 4.37. The molecule has 1 aliphatic rings. The number of carbonyl (C=O) groups is 1. The molecule has 21 heavy (non-hydrogen) atoms. The first-order valence-corrected chi connectivity index (χ1v) is 7.67. The summed E-state index contributed by atoms with van der Waals surface area (Å²) < 4.78 is 14.7. The summed E-state index contributed by atoms with van der Waals surface area (Å²) in [5.41, 5.74) is 2.45. The lowest BCUT2D eigenvalue weighted by Gasteiger charge is -2.09. The average Bonchev–Trinajstić information content (AvgIpc) is 3.23. The highest BCUT2D eigenvalue weighted by molar-refractivity contribution is 9.10. The van der Waals surface area contributed by atoms with Gasteiger partial charge < -0.3 is 5.32 Å². The Hall–Kier alpha value is -1.68. The second-order valence-electron chi connectivity index (χ2n) is 5.42. The van der Waals surface area contributed by atoms with Crippen LogP contribution in [0.5, 0.6) is 0 Å². The van der Waals surface area contributed by atoms with Crippen LogP contribution in [0.4, 0.5) is 10.1 Å². The Morgan fingerprint density at radius 2 is 2.05 bits per heavy atom. The van der Waals surface area contributed by atoms with E-state index in [4.69, 9.17) is 0 Å². The first-order chi connectivity index (χ1) is 10.1. The lowest BCUT2D eigenvalue weighted by molar-refractivity contribution is -0.117. The number of carbonyl (C=O) groups excluding carboxylic acids is 1. The zero-order valence-electron chi connectivity index (χ0n) is 11.6. The molecule has 0 aromatic heterocycles. The van der Waals surface area contributed by atoms with E-state index in [-0.39, 0.29) is 23.6 Å². The third kappa shape index (κ3) is 3.00. The number of halogens is 2. The molecule has 1 N–H and O–H groups in total. The van der Waals surface area contributed by atoms with E-state index in [0.717, 1.165) is 15.7 Å². The molecule has 2 aromatic carbocycles. The number of benzene rings is 2. The summed E-state index contributed by atoms with van der Waals surface area (Å²) in [7, 11) is 0. The van der Waals surface area contributed by atoms with Crippen molar-refractivity contribution in [3.63, 3.8) is 0 Å². The number of hydrogen-bond donors (Lipinski definition) is 1. The van der Waals surface area contributed by atoms with Gasteiger partial charge in [-0.3, -0.25) is 4.79 Å². The molecule has 1 amide bonds. The number of anilines is 1. The molecule has 0 spiro atoms. The van der Waals surface area contributed by atoms with Crippen molar-refractivity contribution in [2.45, 2.75) is 19.3 Å². The highest BCUT2D eigenvalue weighted by atomic mass is 79.9. The van der Waals surface area contributed by atoms with Crippen molar-refractivity contribution >= 4 is 27.5 Å². The van der Waals surface area contributed by atoms with Crippen LogP contribution in [0, 0.1) is 18.7 Å². The normalized spacial score (nSPS) is 20.1. The van der Waals surface area contributed by atoms with Crippen LogP contribution in [-0.4, -0.2) is 5.91 Å². The van der Waals surface area contributed by atoms with Gasteiger partial charge in [0.2, 0.25) is 5.91 Å². The van der Waals surface area contributed by atoms with E-state index in [1.165, 1.54) is 6.07 Å². The summed E-state index contributed by atoms with van der Waals surface area (Å²) in [6.45, 7) is 1.95. The van der Waals surface area contributed by atoms with Gasteiger partial charge in [0.15, 0.2) is 0 Å². The fraction of sp³-hybridized carbons (Fsp3) is 0.235. The second kappa shape index (κ2) is 5.60. The molecule has 0 bridgehead atoms. The van der Waals surface area contributed by atoms with Gasteiger partial charge in [-0.1, -0.05) is 34.1 Å². The Kier molecular flexibility index (Phi) is 3.81. The van der Waals surface area contributed by atoms with Crippen LogP contribution < -0.4 is 5.32 Å². The molecule has 2 unspecified atom stereocenters. The van der Waals surface area contributed by atoms with Crippen molar-refractivity contribution in [2.75, 3.05) is 5.32 Å². The van der Waals surface area contributed by atoms with Crippen LogP contribution in [0.1, 0.15) is 23.5 Å². The van der Waals surface area contributed by atoms with Crippen LogP contribution >= 0.6 is 15.9 Å². The number of hydrogen-bond acceptors (Lipinski definition) is 1. The maximum Gasteiger partial charge on any atom is 0.228 e. The molecule has 0 aliphatic heterocycles. The zero-order chi connectivity index (χ0) is 15.0. The maximum absolute atomic E-state index is 13.7. The van der Waals surface area contributed by atoms with Gasteiger partial charge in [-0.15, -0.1) is 0 Å². The van der Waals surface area contributed by atoms with Gasteiger partial charge in [0.1, 0.15) is 5.82 Å². The molecular formula is C17H15BrFNO. The topological polar surface area (TPSA) is 29.1 Å². The summed E-state index contributed by atoms with van der Waals surface area (Å²) in [6, 6.07) is 12.4. The fourth-order valence-electron chi connectivity index (χ4n) is 2.60. The van der Waals surface area contributed by atoms with Crippen molar-refractivity contribution in [1.82, 2.24) is 0 Å². The highest BCUT2D eigenvalue weighted by Crippen LogP contribution is 2.48. The minimum absolute atomic E-state index is 0.00181. The van der Waals surface area contributed by atoms with E-state index in [2.05, 4.69) is 21.2 Å². The minimum atomic E-state index is -0.224. The summed E-state index contributed by atoms with van der Waals surface area (Å²) in [5, 5.41) is 2.94. The molecule has 3 rings (SSSR count). The quantitative estimate of drug-likeness (QED) is 0.860. The van der Waals surface area contributed by atoms with Crippen LogP contribution in [0.25, 0.3) is 0 Å². The molecule has 2 aromatic rings. The number of rotatable bonds is 3. The lowest BCUT2D eigenvalue weighted by atomic mass is 10.1. The summed E-state index contributed by atoms with van der Waals surface area (Å²) in [4.78, 5) is 12.3. The fourth-order valence-corrected chi connectivity index (χ4v) is 3.07. The van der Waals surface area contributed by atoms with E-state index >= 15 is 0 Å². The van der Waals surface area contributed by atoms with Crippen molar-refractivity contribution in [3.05, 3.63) is 63.9 Å². The molecular weight excluding hydrogens is 333 g/mol. The smallest absolute Gasteiger partial charge is 0.228 e. The van der Waals surface area contributed by atoms with E-state index in [1.54, 1.807) is 12.1 Å². The van der Waals surface area contributed by atoms with E-state index in [0.29, 0.717) is 12.0 Å². The minimum Gasteiger partial charge on any atom is -0.326 e. The Morgan fingerprint density at radius 1 is 1.29 bits per heavy atom. The molecule has 4 heteroatoms. The van der Waals surface area contributed by atoms with Gasteiger partial charge in [0.25, 0.3) is 0 Å². The van der Waals surface area contributed by atoms with Crippen molar-refractivity contribution < 1.29 is 9.18 Å². The molecule has 0 saturated heterocycles. The Bertz CT molecular complexity index is 701. The van der Waals surface area contributed by atoms with Gasteiger partial charge in [-0.05, 0) is 54.7 Å². The van der Waals surface area contributed by atoms with Crippen molar-refractivity contribution in [2.24, 2.45) is 5.92 Å². The van der Waals surface area contributed by atoms with Crippen LogP contribution in [-0.2, 0) is 4.79 Å². The molecule has 1 fully saturated rings. The molecule has 0 heterocycles. The van der Waals surface area contributed by atoms with Crippen molar-refractivity contribution in [3.8, 4) is 0 Å². The second-order valence-corrected chi connectivity index (χ2v) is 6.33. The maximum atomic E-state index is 13.7. The largest absolute Gasteiger partial charge is 0.326 e. The van der Waals surface area contributed by atoms with E-state index in [1.807, 2.05) is 31.2 Å². The van der Waals surface area contributed by atoms with Gasteiger partial charge in [0.05, 0.1) is 0 Å². The summed E-state index contributed by atoms with van der Waals surface area (Å²) in [5.74, 6) is -0.391. The number of nitrogens with one attached hydrogen (secondary N) is 1. The first-order valence-electron chi connectivity index (χ1n) is 6.87. The number of aryl methyl sites for hydroxylation is 1. The third-order valence-electron chi connectivity index (χ3n) is 3.88. The van der Waals surface area contributed by atoms with Gasteiger partial charge in [-0.2, -0.15) is 0 Å². The average molecular weight is 348 g/mol. The molecule has 1 aliphatic carbocycles. The van der Waals surface area contributed by atoms with E-state index in [9.17, 15) is 9.18 Å². The van der Waals surface area contributed by atoms with Crippen LogP contribution in [0.15, 0.2) is 46.9 Å². The Labute approximate surface area is 131 Å². The van der Waals surface area contributed by atoms with Gasteiger partial charge >= 0.3 is 0 Å². The number of amides is 1. The summed E-state index contributed by atoms with van der Waals surface area (Å²) in [6.07, 6.45) is 0.711. The lowest BCUT2D eigenvalue weighted by Crippen LogP contribution is -2.15. The van der Waals surface area contributed by atoms with E-state index < -0.39 is 0 Å². The molecule has 2 atom stereocenters. The highest BCUT2D eigenvalue weighted by Gasteiger charge is 2.45. The SMILES string of the molecule is Cc1cc(Br)ccc1NC(=O)C1CC1c1ccccc1F. The standard InChI is InChI=1S/C17H15BrFNO/c1-10-8-11(18)6-7-16(10)20-17(21)14-9-13(14)12-4-2-3-5-15(12)19/h2-8,13-14H,9H2,1H3,(H,20,21). The molecule has 2 nitrogen and oxygen atoms in total. The first kappa shape index (κ1) is 14.3. The predicted molar refractivity (Wildman–Crippen MR) is 84.8 cm³/mol. The van der Waals surface area contributed by atoms with Crippen LogP contribution in [0.2, 0.25) is 0 Å². The summed E-state index contributed by atoms with van der Waals surface area (Å²) >= 11 is 3.40. The zero-order valence-corrected chi connectivity index (χ0v) is 13.2. The van der Waals surface area contributed by atoms with Crippen LogP contribution in [0.3, 0.4) is 0 Å². The molecule has 108 valence electrons. The monoisotopic (exact) mass is 347 g/mol. The van der Waals surface area contributed by atoms with Crippen molar-refractivity contribution in [1.29, 1.82) is 0 Å². The van der Waals surface area contributed by atoms with Gasteiger partial charge in [0, 0.05) is 16.1 Å². The Balaban J connectivity index is 1.70. The predicted octanol–water partition coefficient (Wildman–Crippen LogP) is 4.64. The van der Waals surface area contributed by atoms with Gasteiger partial charge in [-0.25, -0.2) is 4.39 Å². The molecule has 0 radical (unpaired) electrons.